The molecule has 0 bridgehead atoms. The van der Waals surface area contributed by atoms with Gasteiger partial charge in [0.25, 0.3) is 0 Å². The average Bonchev–Trinajstić information content (AvgIpc) is 3.01. The van der Waals surface area contributed by atoms with E-state index in [0.29, 0.717) is 17.6 Å². The van der Waals surface area contributed by atoms with Crippen LogP contribution in [0.25, 0.3) is 0 Å². The van der Waals surface area contributed by atoms with E-state index in [4.69, 9.17) is 5.26 Å². The first-order valence-electron chi connectivity index (χ1n) is 7.49. The molecule has 1 aromatic carbocycles. The van der Waals surface area contributed by atoms with E-state index in [9.17, 15) is 0 Å². The number of hydrogen-bond acceptors (Lipinski definition) is 3. The minimum absolute atomic E-state index is 0.593. The van der Waals surface area contributed by atoms with Crippen molar-refractivity contribution in [1.29, 1.82) is 5.26 Å². The Morgan fingerprint density at radius 2 is 2.15 bits per heavy atom. The van der Waals surface area contributed by atoms with Gasteiger partial charge in [-0.25, -0.2) is 0 Å². The third-order valence-corrected chi connectivity index (χ3v) is 5.13. The quantitative estimate of drug-likeness (QED) is 0.901. The molecular weight excluding hydrogens is 314 g/mol. The molecule has 2 aliphatic rings. The molecule has 1 aromatic rings. The van der Waals surface area contributed by atoms with E-state index in [1.807, 2.05) is 12.1 Å². The van der Waals surface area contributed by atoms with Crippen LogP contribution in [-0.2, 0) is 0 Å². The van der Waals surface area contributed by atoms with E-state index >= 15 is 0 Å². The molecule has 0 aliphatic carbocycles. The Morgan fingerprint density at radius 1 is 1.25 bits per heavy atom. The predicted octanol–water partition coefficient (Wildman–Crippen LogP) is 3.43. The Balaban J connectivity index is 1.87. The molecule has 2 aliphatic heterocycles. The molecule has 2 heterocycles. The fourth-order valence-corrected chi connectivity index (χ4v) is 4.13. The van der Waals surface area contributed by atoms with Crippen LogP contribution in [0.5, 0.6) is 0 Å². The monoisotopic (exact) mass is 333 g/mol. The smallest absolute Gasteiger partial charge is 0.0992 e. The van der Waals surface area contributed by atoms with Crippen LogP contribution in [-0.4, -0.2) is 25.2 Å². The maximum Gasteiger partial charge on any atom is 0.0992 e. The van der Waals surface area contributed by atoms with Crippen molar-refractivity contribution in [2.24, 2.45) is 0 Å². The van der Waals surface area contributed by atoms with Crippen LogP contribution in [0.3, 0.4) is 0 Å². The summed E-state index contributed by atoms with van der Waals surface area (Å²) in [7, 11) is 0. The number of halogens is 1. The summed E-state index contributed by atoms with van der Waals surface area (Å²) in [6, 6.07) is 9.37. The molecule has 0 radical (unpaired) electrons. The number of rotatable bonds is 2. The molecule has 20 heavy (non-hydrogen) atoms. The van der Waals surface area contributed by atoms with Crippen LogP contribution in [0, 0.1) is 11.3 Å². The molecule has 4 heteroatoms. The number of nitrogens with one attached hydrogen (secondary N) is 1. The number of nitrogens with zero attached hydrogens (tertiary/aromatic N) is 2. The van der Waals surface area contributed by atoms with Gasteiger partial charge in [0.15, 0.2) is 0 Å². The summed E-state index contributed by atoms with van der Waals surface area (Å²) < 4.78 is 1.04. The minimum atomic E-state index is 0.593. The van der Waals surface area contributed by atoms with Crippen LogP contribution >= 0.6 is 15.9 Å². The van der Waals surface area contributed by atoms with Gasteiger partial charge in [-0.2, -0.15) is 5.26 Å². The summed E-state index contributed by atoms with van der Waals surface area (Å²) in [5, 5.41) is 12.7. The van der Waals surface area contributed by atoms with Gasteiger partial charge in [0, 0.05) is 23.1 Å². The van der Waals surface area contributed by atoms with Crippen molar-refractivity contribution in [2.45, 2.75) is 44.2 Å². The van der Waals surface area contributed by atoms with Gasteiger partial charge in [-0.1, -0.05) is 0 Å². The van der Waals surface area contributed by atoms with Crippen molar-refractivity contribution in [2.75, 3.05) is 18.0 Å². The number of hydrogen-bond donors (Lipinski definition) is 1. The lowest BCUT2D eigenvalue weighted by Gasteiger charge is -2.41. The molecule has 2 fully saturated rings. The largest absolute Gasteiger partial charge is 0.366 e. The molecule has 0 amide bonds. The highest BCUT2D eigenvalue weighted by Crippen LogP contribution is 2.34. The molecule has 3 nitrogen and oxygen atoms in total. The summed E-state index contributed by atoms with van der Waals surface area (Å²) in [4.78, 5) is 2.54. The van der Waals surface area contributed by atoms with Gasteiger partial charge in [0.05, 0.1) is 17.3 Å². The normalized spacial score (nSPS) is 26.5. The molecule has 106 valence electrons. The molecule has 2 atom stereocenters. The van der Waals surface area contributed by atoms with Crippen LogP contribution in [0.15, 0.2) is 22.7 Å². The standard InChI is InChI=1S/C16H20BrN3/c17-13-10-12(11-18)6-7-15(13)20-9-2-1-5-16(20)14-4-3-8-19-14/h6-7,10,14,16,19H,1-5,8-9H2. The van der Waals surface area contributed by atoms with Gasteiger partial charge in [-0.3, -0.25) is 0 Å². The average molecular weight is 334 g/mol. The molecule has 2 saturated heterocycles. The highest BCUT2D eigenvalue weighted by molar-refractivity contribution is 9.10. The third-order valence-electron chi connectivity index (χ3n) is 4.50. The Kier molecular flexibility index (Phi) is 4.28. The zero-order chi connectivity index (χ0) is 13.9. The molecule has 0 spiro atoms. The van der Waals surface area contributed by atoms with Crippen LogP contribution in [0.4, 0.5) is 5.69 Å². The van der Waals surface area contributed by atoms with Crippen molar-refractivity contribution in [1.82, 2.24) is 5.32 Å². The van der Waals surface area contributed by atoms with Crippen molar-refractivity contribution in [3.8, 4) is 6.07 Å². The maximum absolute atomic E-state index is 8.99. The molecule has 1 N–H and O–H groups in total. The van der Waals surface area contributed by atoms with Gasteiger partial charge in [0.2, 0.25) is 0 Å². The SMILES string of the molecule is N#Cc1ccc(N2CCCCC2C2CCCN2)c(Br)c1. The Hall–Kier alpha value is -1.05. The van der Waals surface area contributed by atoms with Crippen molar-refractivity contribution >= 4 is 21.6 Å². The summed E-state index contributed by atoms with van der Waals surface area (Å²) in [6.07, 6.45) is 6.44. The van der Waals surface area contributed by atoms with Crippen molar-refractivity contribution in [3.63, 3.8) is 0 Å². The van der Waals surface area contributed by atoms with Crippen molar-refractivity contribution in [3.05, 3.63) is 28.2 Å². The first kappa shape index (κ1) is 13.9. The summed E-state index contributed by atoms with van der Waals surface area (Å²) in [6.45, 7) is 2.27. The molecule has 0 aromatic heterocycles. The molecular formula is C16H20BrN3. The van der Waals surface area contributed by atoms with Gasteiger partial charge in [-0.15, -0.1) is 0 Å². The predicted molar refractivity (Wildman–Crippen MR) is 84.9 cm³/mol. The summed E-state index contributed by atoms with van der Waals surface area (Å²) in [5.74, 6) is 0. The van der Waals surface area contributed by atoms with E-state index in [1.54, 1.807) is 0 Å². The Bertz CT molecular complexity index is 517. The van der Waals surface area contributed by atoms with Gasteiger partial charge < -0.3 is 10.2 Å². The zero-order valence-electron chi connectivity index (χ0n) is 11.6. The highest BCUT2D eigenvalue weighted by atomic mass is 79.9. The van der Waals surface area contributed by atoms with E-state index in [2.05, 4.69) is 38.3 Å². The molecule has 3 rings (SSSR count). The van der Waals surface area contributed by atoms with E-state index in [0.717, 1.165) is 17.6 Å². The number of anilines is 1. The second kappa shape index (κ2) is 6.15. The fraction of sp³-hybridized carbons (Fsp3) is 0.562. The van der Waals surface area contributed by atoms with E-state index in [1.165, 1.54) is 37.8 Å². The Labute approximate surface area is 129 Å². The van der Waals surface area contributed by atoms with Crippen LogP contribution in [0.1, 0.15) is 37.7 Å². The lowest BCUT2D eigenvalue weighted by molar-refractivity contribution is 0.378. The van der Waals surface area contributed by atoms with Crippen LogP contribution < -0.4 is 10.2 Å². The number of nitriles is 1. The number of piperidine rings is 1. The molecule has 0 saturated carbocycles. The highest BCUT2D eigenvalue weighted by Gasteiger charge is 2.32. The van der Waals surface area contributed by atoms with Crippen LogP contribution in [0.2, 0.25) is 0 Å². The number of benzene rings is 1. The van der Waals surface area contributed by atoms with Gasteiger partial charge in [-0.05, 0) is 72.8 Å². The lowest BCUT2D eigenvalue weighted by atomic mass is 9.94. The van der Waals surface area contributed by atoms with E-state index in [-0.39, 0.29) is 0 Å². The fourth-order valence-electron chi connectivity index (χ4n) is 3.52. The third kappa shape index (κ3) is 2.70. The minimum Gasteiger partial charge on any atom is -0.366 e. The first-order chi connectivity index (χ1) is 9.79. The second-order valence-electron chi connectivity index (χ2n) is 5.74. The topological polar surface area (TPSA) is 39.1 Å². The first-order valence-corrected chi connectivity index (χ1v) is 8.28. The summed E-state index contributed by atoms with van der Waals surface area (Å²) in [5.41, 5.74) is 1.95. The van der Waals surface area contributed by atoms with Gasteiger partial charge >= 0.3 is 0 Å². The van der Waals surface area contributed by atoms with E-state index < -0.39 is 0 Å². The maximum atomic E-state index is 8.99. The lowest BCUT2D eigenvalue weighted by Crippen LogP contribution is -2.50. The van der Waals surface area contributed by atoms with Gasteiger partial charge in [0.1, 0.15) is 0 Å². The zero-order valence-corrected chi connectivity index (χ0v) is 13.2. The van der Waals surface area contributed by atoms with Crippen molar-refractivity contribution < 1.29 is 0 Å². The molecule has 2 unspecified atom stereocenters. The Morgan fingerprint density at radius 3 is 2.85 bits per heavy atom. The summed E-state index contributed by atoms with van der Waals surface area (Å²) >= 11 is 3.65. The second-order valence-corrected chi connectivity index (χ2v) is 6.59.